The molecule has 1 aliphatic rings. The molecule has 0 radical (unpaired) electrons. The summed E-state index contributed by atoms with van der Waals surface area (Å²) < 4.78 is 26.2. The lowest BCUT2D eigenvalue weighted by molar-refractivity contribution is -0.197. The molecular formula is C21H17FN2O3S2. The average Bonchev–Trinajstić information content (AvgIpc) is 3.37. The molecule has 0 amide bonds. The van der Waals surface area contributed by atoms with Crippen LogP contribution in [0.2, 0.25) is 0 Å². The highest BCUT2D eigenvalue weighted by Gasteiger charge is 2.49. The first-order valence-electron chi connectivity index (χ1n) is 9.00. The number of nitrogens with zero attached hydrogens (tertiary/aromatic N) is 2. The Morgan fingerprint density at radius 3 is 2.86 bits per heavy atom. The summed E-state index contributed by atoms with van der Waals surface area (Å²) in [5.74, 6) is -1.27. The minimum Gasteiger partial charge on any atom is -0.461 e. The molecular weight excluding hydrogens is 411 g/mol. The first-order valence-corrected chi connectivity index (χ1v) is 10.7. The van der Waals surface area contributed by atoms with Gasteiger partial charge in [-0.05, 0) is 30.3 Å². The van der Waals surface area contributed by atoms with Gasteiger partial charge in [0.2, 0.25) is 5.79 Å². The fourth-order valence-electron chi connectivity index (χ4n) is 3.69. The van der Waals surface area contributed by atoms with Crippen LogP contribution in [0.4, 0.5) is 4.39 Å². The van der Waals surface area contributed by atoms with Crippen molar-refractivity contribution in [2.45, 2.75) is 24.7 Å². The van der Waals surface area contributed by atoms with Crippen LogP contribution in [0.5, 0.6) is 5.75 Å². The summed E-state index contributed by atoms with van der Waals surface area (Å²) >= 11 is 2.93. The normalized spacial score (nSPS) is 23.7. The third kappa shape index (κ3) is 3.03. The number of hydrogen-bond acceptors (Lipinski definition) is 7. The second-order valence-electron chi connectivity index (χ2n) is 7.00. The lowest BCUT2D eigenvalue weighted by Crippen LogP contribution is -2.47. The third-order valence-corrected chi connectivity index (χ3v) is 7.19. The Balaban J connectivity index is 1.60. The Hall–Kier alpha value is -2.39. The standard InChI is InChI=1S/C21H17FN2O3S2/c1-21(26-2)17(20-23-7-8-28-20)18(25)13-9-11(3-5-15(13)27-21)19-24-14-10-12(22)4-6-16(14)29-19/h3-10,17-18,25H,1-2H3/t17-,18-,21?/m1/s1. The summed E-state index contributed by atoms with van der Waals surface area (Å²) in [6.45, 7) is 1.81. The molecule has 5 nitrogen and oxygen atoms in total. The second kappa shape index (κ2) is 6.84. The maximum absolute atomic E-state index is 13.5. The van der Waals surface area contributed by atoms with Gasteiger partial charge in [-0.25, -0.2) is 14.4 Å². The molecule has 1 N–H and O–H groups in total. The molecule has 5 rings (SSSR count). The zero-order valence-corrected chi connectivity index (χ0v) is 17.3. The molecule has 2 aromatic carbocycles. The number of ether oxygens (including phenoxy) is 2. The molecule has 0 bridgehead atoms. The van der Waals surface area contributed by atoms with Crippen molar-refractivity contribution in [3.8, 4) is 16.3 Å². The SMILES string of the molecule is COC1(C)Oc2ccc(-c3nc4cc(F)ccc4s3)cc2[C@@H](O)[C@@H]1c1nccs1. The van der Waals surface area contributed by atoms with Crippen molar-refractivity contribution < 1.29 is 19.0 Å². The van der Waals surface area contributed by atoms with E-state index < -0.39 is 17.8 Å². The molecule has 2 aromatic heterocycles. The number of aliphatic hydroxyl groups excluding tert-OH is 1. The number of thiazole rings is 2. The van der Waals surface area contributed by atoms with Crippen LogP contribution in [-0.2, 0) is 4.74 Å². The predicted molar refractivity (Wildman–Crippen MR) is 111 cm³/mol. The van der Waals surface area contributed by atoms with E-state index >= 15 is 0 Å². The maximum atomic E-state index is 13.5. The van der Waals surface area contributed by atoms with Crippen molar-refractivity contribution in [1.82, 2.24) is 9.97 Å². The number of fused-ring (bicyclic) bond motifs is 2. The summed E-state index contributed by atoms with van der Waals surface area (Å²) in [4.78, 5) is 8.93. The molecule has 0 fully saturated rings. The van der Waals surface area contributed by atoms with Gasteiger partial charge in [-0.2, -0.15) is 0 Å². The summed E-state index contributed by atoms with van der Waals surface area (Å²) in [6.07, 6.45) is 0.844. The van der Waals surface area contributed by atoms with Gasteiger partial charge in [0.15, 0.2) is 0 Å². The number of hydrogen-bond donors (Lipinski definition) is 1. The van der Waals surface area contributed by atoms with E-state index in [9.17, 15) is 9.50 Å². The Labute approximate surface area is 174 Å². The van der Waals surface area contributed by atoms with Crippen LogP contribution in [0.15, 0.2) is 48.0 Å². The van der Waals surface area contributed by atoms with Crippen molar-refractivity contribution in [2.75, 3.05) is 7.11 Å². The number of aliphatic hydroxyl groups is 1. The Kier molecular flexibility index (Phi) is 4.40. The molecule has 1 aliphatic heterocycles. The van der Waals surface area contributed by atoms with Crippen molar-refractivity contribution >= 4 is 32.9 Å². The van der Waals surface area contributed by atoms with Crippen molar-refractivity contribution in [2.24, 2.45) is 0 Å². The van der Waals surface area contributed by atoms with Crippen LogP contribution in [0, 0.1) is 5.82 Å². The number of halogens is 1. The van der Waals surface area contributed by atoms with Gasteiger partial charge < -0.3 is 14.6 Å². The zero-order valence-electron chi connectivity index (χ0n) is 15.6. The molecule has 0 spiro atoms. The van der Waals surface area contributed by atoms with Crippen LogP contribution in [0.1, 0.15) is 29.5 Å². The number of rotatable bonds is 3. The smallest absolute Gasteiger partial charge is 0.219 e. The first kappa shape index (κ1) is 18.6. The molecule has 0 aliphatic carbocycles. The molecule has 148 valence electrons. The minimum absolute atomic E-state index is 0.311. The fourth-order valence-corrected chi connectivity index (χ4v) is 5.51. The van der Waals surface area contributed by atoms with Gasteiger partial charge >= 0.3 is 0 Å². The molecule has 1 unspecified atom stereocenters. The van der Waals surface area contributed by atoms with E-state index in [1.807, 2.05) is 23.6 Å². The fraction of sp³-hybridized carbons (Fsp3) is 0.238. The number of aromatic nitrogens is 2. The van der Waals surface area contributed by atoms with E-state index in [1.165, 1.54) is 34.8 Å². The van der Waals surface area contributed by atoms with Gasteiger partial charge in [0.05, 0.1) is 16.3 Å². The lowest BCUT2D eigenvalue weighted by atomic mass is 9.85. The summed E-state index contributed by atoms with van der Waals surface area (Å²) in [7, 11) is 1.56. The molecule has 29 heavy (non-hydrogen) atoms. The van der Waals surface area contributed by atoms with E-state index in [-0.39, 0.29) is 5.82 Å². The van der Waals surface area contributed by atoms with E-state index in [1.54, 1.807) is 26.3 Å². The van der Waals surface area contributed by atoms with E-state index in [2.05, 4.69) is 9.97 Å². The number of benzene rings is 2. The largest absolute Gasteiger partial charge is 0.461 e. The highest BCUT2D eigenvalue weighted by Crippen LogP contribution is 2.50. The quantitative estimate of drug-likeness (QED) is 0.490. The summed E-state index contributed by atoms with van der Waals surface area (Å²) in [5, 5.41) is 14.6. The minimum atomic E-state index is -1.04. The zero-order chi connectivity index (χ0) is 20.2. The van der Waals surface area contributed by atoms with E-state index in [0.717, 1.165) is 20.3 Å². The highest BCUT2D eigenvalue weighted by molar-refractivity contribution is 7.21. The van der Waals surface area contributed by atoms with Crippen LogP contribution in [-0.4, -0.2) is 28.0 Å². The molecule has 0 saturated carbocycles. The summed E-state index contributed by atoms with van der Waals surface area (Å²) in [5.41, 5.74) is 2.11. The highest BCUT2D eigenvalue weighted by atomic mass is 32.1. The van der Waals surface area contributed by atoms with Crippen LogP contribution in [0.25, 0.3) is 20.8 Å². The van der Waals surface area contributed by atoms with Gasteiger partial charge in [0, 0.05) is 42.8 Å². The van der Waals surface area contributed by atoms with Gasteiger partial charge in [-0.1, -0.05) is 0 Å². The monoisotopic (exact) mass is 428 g/mol. The second-order valence-corrected chi connectivity index (χ2v) is 8.96. The topological polar surface area (TPSA) is 64.5 Å². The van der Waals surface area contributed by atoms with Crippen LogP contribution >= 0.6 is 22.7 Å². The Bertz CT molecular complexity index is 1190. The van der Waals surface area contributed by atoms with E-state index in [4.69, 9.17) is 9.47 Å². The van der Waals surface area contributed by atoms with Crippen LogP contribution < -0.4 is 4.74 Å². The maximum Gasteiger partial charge on any atom is 0.219 e. The lowest BCUT2D eigenvalue weighted by Gasteiger charge is -2.42. The molecule has 0 saturated heterocycles. The molecule has 8 heteroatoms. The van der Waals surface area contributed by atoms with Gasteiger partial charge in [0.25, 0.3) is 0 Å². The van der Waals surface area contributed by atoms with Gasteiger partial charge in [-0.3, -0.25) is 0 Å². The molecule has 3 atom stereocenters. The van der Waals surface area contributed by atoms with Gasteiger partial charge in [-0.15, -0.1) is 22.7 Å². The Morgan fingerprint density at radius 1 is 1.24 bits per heavy atom. The average molecular weight is 429 g/mol. The molecule has 4 aromatic rings. The third-order valence-electron chi connectivity index (χ3n) is 5.24. The predicted octanol–water partition coefficient (Wildman–Crippen LogP) is 5.13. The van der Waals surface area contributed by atoms with Gasteiger partial charge in [0.1, 0.15) is 27.5 Å². The summed E-state index contributed by atoms with van der Waals surface area (Å²) in [6, 6.07) is 10.2. The van der Waals surface area contributed by atoms with Crippen LogP contribution in [0.3, 0.4) is 0 Å². The molecule has 3 heterocycles. The van der Waals surface area contributed by atoms with E-state index in [0.29, 0.717) is 16.8 Å². The number of methoxy groups -OCH3 is 1. The Morgan fingerprint density at radius 2 is 2.10 bits per heavy atom. The van der Waals surface area contributed by atoms with Crippen molar-refractivity contribution in [3.63, 3.8) is 0 Å². The van der Waals surface area contributed by atoms with Crippen molar-refractivity contribution in [1.29, 1.82) is 0 Å². The first-order chi connectivity index (χ1) is 14.0. The van der Waals surface area contributed by atoms with Crippen molar-refractivity contribution in [3.05, 3.63) is 64.4 Å².